The summed E-state index contributed by atoms with van der Waals surface area (Å²) in [6.45, 7) is 11.4. The van der Waals surface area contributed by atoms with Crippen LogP contribution < -0.4 is 5.46 Å². The van der Waals surface area contributed by atoms with Crippen LogP contribution in [-0.2, 0) is 4.65 Å². The minimum absolute atomic E-state index is 0.0713. The van der Waals surface area contributed by atoms with Crippen molar-refractivity contribution in [3.8, 4) is 0 Å². The van der Waals surface area contributed by atoms with Crippen LogP contribution in [0.5, 0.6) is 0 Å². The Labute approximate surface area is 134 Å². The first-order valence-corrected chi connectivity index (χ1v) is 8.42. The second-order valence-corrected chi connectivity index (χ2v) is 7.80. The molecule has 1 N–H and O–H groups in total. The first kappa shape index (κ1) is 15.6. The zero-order valence-corrected chi connectivity index (χ0v) is 14.4. The van der Waals surface area contributed by atoms with Gasteiger partial charge in [-0.2, -0.15) is 0 Å². The highest BCUT2D eigenvalue weighted by atomic mass is 16.5. The Morgan fingerprint density at radius 2 is 1.95 bits per heavy atom. The molecule has 1 aromatic carbocycles. The van der Waals surface area contributed by atoms with Crippen molar-refractivity contribution < 1.29 is 4.65 Å². The molecule has 0 aliphatic heterocycles. The topological polar surface area (TPSA) is 37.9 Å². The fourth-order valence-corrected chi connectivity index (χ4v) is 3.49. The van der Waals surface area contributed by atoms with Gasteiger partial charge in [-0.15, -0.1) is 0 Å². The van der Waals surface area contributed by atoms with Gasteiger partial charge in [0.15, 0.2) is 0 Å². The second kappa shape index (κ2) is 5.41. The summed E-state index contributed by atoms with van der Waals surface area (Å²) in [5.74, 6) is 0.782. The van der Waals surface area contributed by atoms with Crippen LogP contribution >= 0.6 is 0 Å². The van der Waals surface area contributed by atoms with Crippen LogP contribution in [0.2, 0.25) is 6.82 Å². The maximum Gasteiger partial charge on any atom is 0.324 e. The highest BCUT2D eigenvalue weighted by molar-refractivity contribution is 6.66. The van der Waals surface area contributed by atoms with E-state index < -0.39 is 0 Å². The van der Waals surface area contributed by atoms with Crippen LogP contribution in [-0.4, -0.2) is 22.5 Å². The SMILES string of the molecule is CB(OC(C)(C)C(C)(C)C1CCC1)c1ccc2nc[nH]c2c1. The summed E-state index contributed by atoms with van der Waals surface area (Å²) in [5.41, 5.74) is 3.32. The molecule has 1 aliphatic rings. The van der Waals surface area contributed by atoms with E-state index in [0.29, 0.717) is 0 Å². The van der Waals surface area contributed by atoms with Crippen molar-refractivity contribution in [2.24, 2.45) is 11.3 Å². The Hall–Kier alpha value is -1.29. The van der Waals surface area contributed by atoms with Crippen molar-refractivity contribution >= 4 is 23.4 Å². The molecule has 118 valence electrons. The van der Waals surface area contributed by atoms with Gasteiger partial charge in [-0.25, -0.2) is 4.98 Å². The molecule has 3 rings (SSSR count). The summed E-state index contributed by atoms with van der Waals surface area (Å²) in [7, 11) is 0. The summed E-state index contributed by atoms with van der Waals surface area (Å²) in [4.78, 5) is 7.46. The number of fused-ring (bicyclic) bond motifs is 1. The number of rotatable bonds is 5. The molecule has 0 bridgehead atoms. The number of H-pyrrole nitrogens is 1. The summed E-state index contributed by atoms with van der Waals surface area (Å²) in [6, 6.07) is 6.34. The van der Waals surface area contributed by atoms with Crippen molar-refractivity contribution in [1.82, 2.24) is 9.97 Å². The fourth-order valence-electron chi connectivity index (χ4n) is 3.49. The third-order valence-corrected chi connectivity index (χ3v) is 6.06. The van der Waals surface area contributed by atoms with Crippen molar-refractivity contribution in [1.29, 1.82) is 0 Å². The van der Waals surface area contributed by atoms with E-state index in [2.05, 4.69) is 62.7 Å². The summed E-state index contributed by atoms with van der Waals surface area (Å²) < 4.78 is 6.54. The molecule has 0 amide bonds. The number of hydrogen-bond acceptors (Lipinski definition) is 2. The third kappa shape index (κ3) is 2.58. The Morgan fingerprint density at radius 3 is 2.59 bits per heavy atom. The van der Waals surface area contributed by atoms with Gasteiger partial charge < -0.3 is 9.64 Å². The standard InChI is InChI=1S/C18H27BN2O/c1-17(2,13-7-6-8-13)18(3,4)22-19(5)14-9-10-15-16(11-14)21-12-20-15/h9-13H,6-8H2,1-5H3,(H,20,21). The normalized spacial score (nSPS) is 16.8. The van der Waals surface area contributed by atoms with E-state index in [-0.39, 0.29) is 17.9 Å². The van der Waals surface area contributed by atoms with E-state index in [1.807, 2.05) is 0 Å². The van der Waals surface area contributed by atoms with Crippen LogP contribution in [0.25, 0.3) is 11.0 Å². The number of hydrogen-bond donors (Lipinski definition) is 1. The Bertz CT molecular complexity index is 658. The largest absolute Gasteiger partial charge is 0.426 e. The molecule has 22 heavy (non-hydrogen) atoms. The molecule has 0 radical (unpaired) electrons. The average molecular weight is 298 g/mol. The van der Waals surface area contributed by atoms with Crippen LogP contribution in [0.3, 0.4) is 0 Å². The number of aromatic nitrogens is 2. The number of nitrogens with one attached hydrogen (secondary N) is 1. The van der Waals surface area contributed by atoms with Gasteiger partial charge in [-0.3, -0.25) is 0 Å². The van der Waals surface area contributed by atoms with E-state index in [1.54, 1.807) is 6.33 Å². The predicted octanol–water partition coefficient (Wildman–Crippen LogP) is 4.01. The molecule has 1 aromatic heterocycles. The molecule has 0 unspecified atom stereocenters. The lowest BCUT2D eigenvalue weighted by atomic mass is 9.57. The first-order chi connectivity index (χ1) is 10.3. The smallest absolute Gasteiger partial charge is 0.324 e. The second-order valence-electron chi connectivity index (χ2n) is 7.80. The van der Waals surface area contributed by atoms with Crippen LogP contribution in [0.15, 0.2) is 24.5 Å². The minimum Gasteiger partial charge on any atom is -0.426 e. The van der Waals surface area contributed by atoms with Crippen molar-refractivity contribution in [2.75, 3.05) is 0 Å². The lowest BCUT2D eigenvalue weighted by Gasteiger charge is -2.51. The number of aromatic amines is 1. The predicted molar refractivity (Wildman–Crippen MR) is 93.6 cm³/mol. The van der Waals surface area contributed by atoms with E-state index >= 15 is 0 Å². The molecule has 0 atom stereocenters. The number of nitrogens with zero attached hydrogens (tertiary/aromatic N) is 1. The Balaban J connectivity index is 1.78. The van der Waals surface area contributed by atoms with Crippen LogP contribution in [0, 0.1) is 11.3 Å². The van der Waals surface area contributed by atoms with Crippen LogP contribution in [0.4, 0.5) is 0 Å². The van der Waals surface area contributed by atoms with Gasteiger partial charge in [0.25, 0.3) is 0 Å². The summed E-state index contributed by atoms with van der Waals surface area (Å²) >= 11 is 0. The van der Waals surface area contributed by atoms with Crippen molar-refractivity contribution in [2.45, 2.75) is 59.4 Å². The first-order valence-electron chi connectivity index (χ1n) is 8.42. The third-order valence-electron chi connectivity index (χ3n) is 6.06. The molecule has 1 heterocycles. The van der Waals surface area contributed by atoms with Crippen molar-refractivity contribution in [3.05, 3.63) is 24.5 Å². The molecule has 4 heteroatoms. The Morgan fingerprint density at radius 1 is 1.23 bits per heavy atom. The number of benzene rings is 1. The molecule has 2 aromatic rings. The molecular formula is C18H27BN2O. The lowest BCUT2D eigenvalue weighted by molar-refractivity contribution is -0.0707. The Kier molecular flexibility index (Phi) is 3.84. The van der Waals surface area contributed by atoms with Gasteiger partial charge in [0.05, 0.1) is 23.0 Å². The highest BCUT2D eigenvalue weighted by Gasteiger charge is 2.46. The highest BCUT2D eigenvalue weighted by Crippen LogP contribution is 2.49. The summed E-state index contributed by atoms with van der Waals surface area (Å²) in [6.07, 6.45) is 5.79. The monoisotopic (exact) mass is 298 g/mol. The lowest BCUT2D eigenvalue weighted by Crippen LogP contribution is -2.52. The molecule has 0 saturated heterocycles. The van der Waals surface area contributed by atoms with Gasteiger partial charge >= 0.3 is 6.92 Å². The average Bonchev–Trinajstić information content (AvgIpc) is 2.82. The van der Waals surface area contributed by atoms with E-state index in [1.165, 1.54) is 24.7 Å². The number of imidazole rings is 1. The quantitative estimate of drug-likeness (QED) is 0.847. The van der Waals surface area contributed by atoms with Gasteiger partial charge in [0, 0.05) is 0 Å². The van der Waals surface area contributed by atoms with Gasteiger partial charge in [0.1, 0.15) is 0 Å². The zero-order chi connectivity index (χ0) is 16.0. The van der Waals surface area contributed by atoms with E-state index in [4.69, 9.17) is 4.65 Å². The van der Waals surface area contributed by atoms with E-state index in [0.717, 1.165) is 17.0 Å². The van der Waals surface area contributed by atoms with Gasteiger partial charge in [0.2, 0.25) is 0 Å². The molecule has 1 aliphatic carbocycles. The molecule has 1 saturated carbocycles. The molecule has 0 spiro atoms. The van der Waals surface area contributed by atoms with Gasteiger partial charge in [-0.05, 0) is 55.6 Å². The maximum absolute atomic E-state index is 6.54. The molecular weight excluding hydrogens is 271 g/mol. The maximum atomic E-state index is 6.54. The zero-order valence-electron chi connectivity index (χ0n) is 14.4. The van der Waals surface area contributed by atoms with Crippen LogP contribution in [0.1, 0.15) is 47.0 Å². The molecule has 1 fully saturated rings. The fraction of sp³-hybridized carbons (Fsp3) is 0.611. The van der Waals surface area contributed by atoms with E-state index in [9.17, 15) is 0 Å². The van der Waals surface area contributed by atoms with Crippen molar-refractivity contribution in [3.63, 3.8) is 0 Å². The van der Waals surface area contributed by atoms with Gasteiger partial charge in [-0.1, -0.05) is 33.2 Å². The molecule has 3 nitrogen and oxygen atoms in total. The minimum atomic E-state index is -0.152. The summed E-state index contributed by atoms with van der Waals surface area (Å²) in [5, 5.41) is 0.